The van der Waals surface area contributed by atoms with Crippen molar-refractivity contribution in [2.75, 3.05) is 11.4 Å². The third-order valence-corrected chi connectivity index (χ3v) is 5.53. The second-order valence-electron chi connectivity index (χ2n) is 6.24. The fourth-order valence-electron chi connectivity index (χ4n) is 3.85. The van der Waals surface area contributed by atoms with Crippen LogP contribution in [-0.2, 0) is 19.9 Å². The third kappa shape index (κ3) is 2.33. The Hall–Kier alpha value is -2.15. The van der Waals surface area contributed by atoms with Crippen molar-refractivity contribution in [1.29, 1.82) is 0 Å². The van der Waals surface area contributed by atoms with Crippen molar-refractivity contribution in [1.82, 2.24) is 0 Å². The molecule has 0 bridgehead atoms. The second-order valence-corrected chi connectivity index (χ2v) is 7.49. The van der Waals surface area contributed by atoms with Gasteiger partial charge in [-0.2, -0.15) is 0 Å². The van der Waals surface area contributed by atoms with Gasteiger partial charge in [-0.05, 0) is 46.4 Å². The number of hydrogen-bond donors (Lipinski definition) is 0. The van der Waals surface area contributed by atoms with Gasteiger partial charge in [0.2, 0.25) is 5.60 Å². The number of esters is 1. The molecule has 0 saturated carbocycles. The first-order valence-corrected chi connectivity index (χ1v) is 9.15. The van der Waals surface area contributed by atoms with Gasteiger partial charge in [0.15, 0.2) is 0 Å². The van der Waals surface area contributed by atoms with Crippen LogP contribution in [0.25, 0.3) is 0 Å². The van der Waals surface area contributed by atoms with Crippen molar-refractivity contribution < 1.29 is 14.3 Å². The topological polar surface area (TPSA) is 46.6 Å². The molecule has 4 rings (SSSR count). The number of hydrogen-bond acceptors (Lipinski definition) is 3. The Morgan fingerprint density at radius 3 is 2.72 bits per heavy atom. The molecule has 0 N–H and O–H groups in total. The van der Waals surface area contributed by atoms with Crippen LogP contribution in [0.1, 0.15) is 23.5 Å². The van der Waals surface area contributed by atoms with Gasteiger partial charge in [-0.1, -0.05) is 36.4 Å². The predicted molar refractivity (Wildman–Crippen MR) is 103 cm³/mol. The van der Waals surface area contributed by atoms with Gasteiger partial charge < -0.3 is 9.64 Å². The lowest BCUT2D eigenvalue weighted by atomic mass is 9.78. The third-order valence-electron chi connectivity index (χ3n) is 4.86. The van der Waals surface area contributed by atoms with Crippen molar-refractivity contribution in [2.45, 2.75) is 17.9 Å². The molecule has 2 aliphatic rings. The van der Waals surface area contributed by atoms with Crippen LogP contribution in [0.15, 0.2) is 61.2 Å². The first-order chi connectivity index (χ1) is 12.1. The SMILES string of the molecule is C=CCN1C(=O)[C@@]2(OC(=O)C[C@@H]2c2ccccc2)c2cc(I)ccc21. The molecule has 5 heteroatoms. The summed E-state index contributed by atoms with van der Waals surface area (Å²) < 4.78 is 6.78. The minimum absolute atomic E-state index is 0.191. The van der Waals surface area contributed by atoms with Gasteiger partial charge in [-0.15, -0.1) is 6.58 Å². The van der Waals surface area contributed by atoms with Gasteiger partial charge >= 0.3 is 5.97 Å². The van der Waals surface area contributed by atoms with E-state index in [1.807, 2.05) is 48.5 Å². The Labute approximate surface area is 159 Å². The van der Waals surface area contributed by atoms with E-state index >= 15 is 0 Å². The molecule has 4 nitrogen and oxygen atoms in total. The van der Waals surface area contributed by atoms with Crippen LogP contribution < -0.4 is 4.90 Å². The van der Waals surface area contributed by atoms with E-state index in [9.17, 15) is 9.59 Å². The number of halogens is 1. The van der Waals surface area contributed by atoms with E-state index in [2.05, 4.69) is 29.2 Å². The molecule has 1 amide bonds. The van der Waals surface area contributed by atoms with Crippen molar-refractivity contribution in [3.05, 3.63) is 75.9 Å². The van der Waals surface area contributed by atoms with Crippen LogP contribution in [0.3, 0.4) is 0 Å². The molecule has 2 heterocycles. The summed E-state index contributed by atoms with van der Waals surface area (Å²) in [4.78, 5) is 27.4. The van der Waals surface area contributed by atoms with Crippen LogP contribution in [0.4, 0.5) is 5.69 Å². The highest BCUT2D eigenvalue weighted by atomic mass is 127. The molecular formula is C20H16INO3. The van der Waals surface area contributed by atoms with Gasteiger partial charge in [0.1, 0.15) is 0 Å². The Morgan fingerprint density at radius 1 is 1.24 bits per heavy atom. The molecule has 1 fully saturated rings. The number of amides is 1. The van der Waals surface area contributed by atoms with Gasteiger partial charge in [-0.25, -0.2) is 0 Å². The van der Waals surface area contributed by atoms with Crippen LogP contribution in [0.5, 0.6) is 0 Å². The summed E-state index contributed by atoms with van der Waals surface area (Å²) >= 11 is 2.22. The van der Waals surface area contributed by atoms with Crippen LogP contribution >= 0.6 is 22.6 Å². The number of rotatable bonds is 3. The minimum atomic E-state index is -1.28. The molecular weight excluding hydrogens is 429 g/mol. The summed E-state index contributed by atoms with van der Waals surface area (Å²) in [5.41, 5.74) is 1.22. The molecule has 2 aromatic carbocycles. The Balaban J connectivity index is 1.95. The summed E-state index contributed by atoms with van der Waals surface area (Å²) in [5, 5.41) is 0. The lowest BCUT2D eigenvalue weighted by Gasteiger charge is -2.28. The van der Waals surface area contributed by atoms with E-state index in [-0.39, 0.29) is 24.2 Å². The summed E-state index contributed by atoms with van der Waals surface area (Å²) in [7, 11) is 0. The van der Waals surface area contributed by atoms with Gasteiger partial charge in [0.05, 0.1) is 12.1 Å². The lowest BCUT2D eigenvalue weighted by molar-refractivity contribution is -0.157. The predicted octanol–water partition coefficient (Wildman–Crippen LogP) is 3.75. The highest BCUT2D eigenvalue weighted by molar-refractivity contribution is 14.1. The summed E-state index contributed by atoms with van der Waals surface area (Å²) in [6, 6.07) is 15.5. The molecule has 0 aromatic heterocycles. The van der Waals surface area contributed by atoms with Crippen LogP contribution in [-0.4, -0.2) is 18.4 Å². The molecule has 2 aliphatic heterocycles. The van der Waals surface area contributed by atoms with E-state index in [0.717, 1.165) is 20.4 Å². The van der Waals surface area contributed by atoms with E-state index in [0.29, 0.717) is 6.54 Å². The summed E-state index contributed by atoms with van der Waals surface area (Å²) in [5.74, 6) is -0.864. The number of nitrogens with zero attached hydrogens (tertiary/aromatic N) is 1. The molecule has 2 aromatic rings. The Kier molecular flexibility index (Phi) is 3.91. The molecule has 2 atom stereocenters. The van der Waals surface area contributed by atoms with Crippen molar-refractivity contribution >= 4 is 40.2 Å². The molecule has 126 valence electrons. The normalized spacial score (nSPS) is 24.5. The molecule has 0 unspecified atom stereocenters. The highest BCUT2D eigenvalue weighted by Gasteiger charge is 2.63. The van der Waals surface area contributed by atoms with Gasteiger partial charge in [0, 0.05) is 21.6 Å². The quantitative estimate of drug-likeness (QED) is 0.411. The largest absolute Gasteiger partial charge is 0.443 e. The zero-order valence-corrected chi connectivity index (χ0v) is 15.6. The van der Waals surface area contributed by atoms with E-state index in [1.54, 1.807) is 11.0 Å². The maximum absolute atomic E-state index is 13.4. The molecule has 1 spiro atoms. The summed E-state index contributed by atoms with van der Waals surface area (Å²) in [6.07, 6.45) is 1.88. The first-order valence-electron chi connectivity index (χ1n) is 8.07. The lowest BCUT2D eigenvalue weighted by Crippen LogP contribution is -2.43. The van der Waals surface area contributed by atoms with E-state index in [1.165, 1.54) is 0 Å². The number of anilines is 1. The standard InChI is InChI=1S/C20H16INO3/c1-2-10-22-17-9-8-14(21)11-16(17)20(19(22)24)15(12-18(23)25-20)13-6-4-3-5-7-13/h2-9,11,15H,1,10,12H2/t15-,20+/m1/s1. The molecule has 0 aliphatic carbocycles. The number of carbonyl (C=O) groups excluding carboxylic acids is 2. The average molecular weight is 445 g/mol. The highest BCUT2D eigenvalue weighted by Crippen LogP contribution is 2.55. The number of benzene rings is 2. The molecule has 1 saturated heterocycles. The fourth-order valence-corrected chi connectivity index (χ4v) is 4.34. The van der Waals surface area contributed by atoms with Crippen molar-refractivity contribution in [2.24, 2.45) is 0 Å². The Bertz CT molecular complexity index is 880. The smallest absolute Gasteiger partial charge is 0.308 e. The van der Waals surface area contributed by atoms with Gasteiger partial charge in [-0.3, -0.25) is 9.59 Å². The molecule has 25 heavy (non-hydrogen) atoms. The zero-order chi connectivity index (χ0) is 17.6. The monoisotopic (exact) mass is 445 g/mol. The number of ether oxygens (including phenoxy) is 1. The number of fused-ring (bicyclic) bond motifs is 2. The maximum Gasteiger partial charge on any atom is 0.308 e. The fraction of sp³-hybridized carbons (Fsp3) is 0.200. The number of carbonyl (C=O) groups is 2. The maximum atomic E-state index is 13.4. The van der Waals surface area contributed by atoms with Crippen molar-refractivity contribution in [3.63, 3.8) is 0 Å². The zero-order valence-electron chi connectivity index (χ0n) is 13.4. The van der Waals surface area contributed by atoms with Crippen molar-refractivity contribution in [3.8, 4) is 0 Å². The average Bonchev–Trinajstić information content (AvgIpc) is 3.08. The van der Waals surface area contributed by atoms with E-state index in [4.69, 9.17) is 4.74 Å². The Morgan fingerprint density at radius 2 is 2.00 bits per heavy atom. The van der Waals surface area contributed by atoms with Crippen LogP contribution in [0.2, 0.25) is 0 Å². The van der Waals surface area contributed by atoms with Gasteiger partial charge in [0.25, 0.3) is 5.91 Å². The second kappa shape index (κ2) is 5.98. The minimum Gasteiger partial charge on any atom is -0.443 e. The van der Waals surface area contributed by atoms with Crippen LogP contribution in [0, 0.1) is 3.57 Å². The van der Waals surface area contributed by atoms with E-state index < -0.39 is 5.60 Å². The molecule has 0 radical (unpaired) electrons. The summed E-state index contributed by atoms with van der Waals surface area (Å²) in [6.45, 7) is 4.14. The first kappa shape index (κ1) is 16.3.